The molecule has 0 radical (unpaired) electrons. The second-order valence-corrected chi connectivity index (χ2v) is 9.45. The monoisotopic (exact) mass is 489 g/mol. The maximum absolute atomic E-state index is 12.9. The second kappa shape index (κ2) is 9.29. The number of alkyl halides is 3. The van der Waals surface area contributed by atoms with Crippen LogP contribution in [-0.4, -0.2) is 62.6 Å². The van der Waals surface area contributed by atoms with Gasteiger partial charge in [-0.25, -0.2) is 4.79 Å². The number of halogens is 3. The lowest BCUT2D eigenvalue weighted by Gasteiger charge is -2.24. The summed E-state index contributed by atoms with van der Waals surface area (Å²) in [6.07, 6.45) is -3.33. The molecule has 186 valence electrons. The molecular weight excluding hydrogens is 463 g/mol. The number of benzene rings is 1. The molecule has 0 bridgehead atoms. The minimum absolute atomic E-state index is 0.149. The molecule has 1 aromatic carbocycles. The lowest BCUT2D eigenvalue weighted by molar-refractivity contribution is -0.137. The normalized spacial score (nSPS) is 18.7. The number of pyridine rings is 1. The van der Waals surface area contributed by atoms with E-state index in [1.54, 1.807) is 39.1 Å². The first-order chi connectivity index (χ1) is 16.5. The van der Waals surface area contributed by atoms with Crippen LogP contribution in [0.4, 0.5) is 23.8 Å². The summed E-state index contributed by atoms with van der Waals surface area (Å²) in [4.78, 5) is 18.4. The molecule has 3 aromatic rings. The molecule has 0 aliphatic carbocycles. The third-order valence-electron chi connectivity index (χ3n) is 5.67. The number of anilines is 1. The van der Waals surface area contributed by atoms with Gasteiger partial charge < -0.3 is 20.1 Å². The predicted octanol–water partition coefficient (Wildman–Crippen LogP) is 4.35. The van der Waals surface area contributed by atoms with E-state index in [1.807, 2.05) is 0 Å². The predicted molar refractivity (Wildman–Crippen MR) is 124 cm³/mol. The van der Waals surface area contributed by atoms with E-state index in [2.05, 4.69) is 20.5 Å². The van der Waals surface area contributed by atoms with Crippen LogP contribution >= 0.6 is 0 Å². The highest BCUT2D eigenvalue weighted by Gasteiger charge is 2.37. The minimum Gasteiger partial charge on any atom is -0.444 e. The van der Waals surface area contributed by atoms with Crippen molar-refractivity contribution >= 4 is 22.8 Å². The van der Waals surface area contributed by atoms with Crippen molar-refractivity contribution in [1.82, 2.24) is 20.1 Å². The Morgan fingerprint density at radius 3 is 2.49 bits per heavy atom. The van der Waals surface area contributed by atoms with Gasteiger partial charge in [-0.1, -0.05) is 12.1 Å². The summed E-state index contributed by atoms with van der Waals surface area (Å²) in [6.45, 7) is 5.82. The summed E-state index contributed by atoms with van der Waals surface area (Å²) in [5, 5.41) is 22.3. The fourth-order valence-electron chi connectivity index (χ4n) is 3.98. The number of likely N-dealkylation sites (tertiary alicyclic amines) is 1. The van der Waals surface area contributed by atoms with E-state index in [0.29, 0.717) is 41.1 Å². The van der Waals surface area contributed by atoms with Crippen LogP contribution in [0.2, 0.25) is 0 Å². The van der Waals surface area contributed by atoms with Crippen LogP contribution < -0.4 is 5.32 Å². The Balaban J connectivity index is 1.61. The Labute approximate surface area is 200 Å². The Morgan fingerprint density at radius 2 is 1.86 bits per heavy atom. The first kappa shape index (κ1) is 24.6. The maximum atomic E-state index is 12.9. The molecule has 35 heavy (non-hydrogen) atoms. The quantitative estimate of drug-likeness (QED) is 0.562. The van der Waals surface area contributed by atoms with Crippen LogP contribution in [0.5, 0.6) is 0 Å². The number of hydrogen-bond acceptors (Lipinski definition) is 7. The van der Waals surface area contributed by atoms with Crippen molar-refractivity contribution in [3.63, 3.8) is 0 Å². The van der Waals surface area contributed by atoms with Gasteiger partial charge in [-0.05, 0) is 45.0 Å². The van der Waals surface area contributed by atoms with Gasteiger partial charge in [0, 0.05) is 42.8 Å². The molecule has 1 amide bonds. The number of aliphatic hydroxyl groups excluding tert-OH is 1. The Kier molecular flexibility index (Phi) is 6.54. The van der Waals surface area contributed by atoms with Crippen molar-refractivity contribution in [3.05, 3.63) is 48.2 Å². The maximum Gasteiger partial charge on any atom is 0.416 e. The SMILES string of the molecule is CC(C)(C)OC(=O)N1C[C@@H](CO)[C@H](Nc2nnc(-c3ccc(C(F)(F)F)cc3)c3ncccc23)C1. The molecule has 1 saturated heterocycles. The summed E-state index contributed by atoms with van der Waals surface area (Å²) < 4.78 is 44.3. The van der Waals surface area contributed by atoms with Crippen LogP contribution in [0.25, 0.3) is 22.2 Å². The number of rotatable bonds is 4. The molecule has 3 heterocycles. The molecule has 0 unspecified atom stereocenters. The zero-order chi connectivity index (χ0) is 25.4. The zero-order valence-electron chi connectivity index (χ0n) is 19.5. The van der Waals surface area contributed by atoms with Crippen LogP contribution in [0.1, 0.15) is 26.3 Å². The molecule has 4 rings (SSSR count). The van der Waals surface area contributed by atoms with E-state index < -0.39 is 23.4 Å². The number of aromatic nitrogens is 3. The number of amides is 1. The van der Waals surface area contributed by atoms with Gasteiger partial charge in [-0.3, -0.25) is 4.98 Å². The number of hydrogen-bond donors (Lipinski definition) is 2. The van der Waals surface area contributed by atoms with Crippen LogP contribution in [0.3, 0.4) is 0 Å². The average Bonchev–Trinajstić information content (AvgIpc) is 3.21. The van der Waals surface area contributed by atoms with Crippen LogP contribution in [0.15, 0.2) is 42.6 Å². The first-order valence-corrected chi connectivity index (χ1v) is 11.1. The van der Waals surface area contributed by atoms with E-state index in [9.17, 15) is 23.1 Å². The third-order valence-corrected chi connectivity index (χ3v) is 5.67. The van der Waals surface area contributed by atoms with Gasteiger partial charge in [0.25, 0.3) is 0 Å². The molecular formula is C24H26F3N5O3. The summed E-state index contributed by atoms with van der Waals surface area (Å²) in [6, 6.07) is 7.85. The van der Waals surface area contributed by atoms with E-state index in [0.717, 1.165) is 12.1 Å². The first-order valence-electron chi connectivity index (χ1n) is 11.1. The number of fused-ring (bicyclic) bond motifs is 1. The molecule has 8 nitrogen and oxygen atoms in total. The van der Waals surface area contributed by atoms with Crippen molar-refractivity contribution in [2.75, 3.05) is 25.0 Å². The highest BCUT2D eigenvalue weighted by molar-refractivity contribution is 5.97. The molecule has 2 aromatic heterocycles. The van der Waals surface area contributed by atoms with Crippen molar-refractivity contribution in [2.45, 2.75) is 38.6 Å². The topological polar surface area (TPSA) is 100 Å². The molecule has 0 spiro atoms. The van der Waals surface area contributed by atoms with Crippen molar-refractivity contribution < 1.29 is 27.8 Å². The highest BCUT2D eigenvalue weighted by atomic mass is 19.4. The molecule has 0 saturated carbocycles. The number of nitrogens with zero attached hydrogens (tertiary/aromatic N) is 4. The number of carbonyl (C=O) groups excluding carboxylic acids is 1. The van der Waals surface area contributed by atoms with Gasteiger partial charge in [0.2, 0.25) is 0 Å². The minimum atomic E-state index is -4.43. The fraction of sp³-hybridized carbons (Fsp3) is 0.417. The van der Waals surface area contributed by atoms with Crippen LogP contribution in [-0.2, 0) is 10.9 Å². The molecule has 1 aliphatic heterocycles. The van der Waals surface area contributed by atoms with E-state index >= 15 is 0 Å². The van der Waals surface area contributed by atoms with Gasteiger partial charge in [0.05, 0.1) is 11.6 Å². The Morgan fingerprint density at radius 1 is 1.14 bits per heavy atom. The number of carbonyl (C=O) groups is 1. The Bertz CT molecular complexity index is 1210. The van der Waals surface area contributed by atoms with E-state index in [-0.39, 0.29) is 18.6 Å². The molecule has 1 fully saturated rings. The summed E-state index contributed by atoms with van der Waals surface area (Å²) in [5.41, 5.74) is -0.132. The second-order valence-electron chi connectivity index (χ2n) is 9.45. The van der Waals surface area contributed by atoms with Crippen molar-refractivity contribution in [1.29, 1.82) is 0 Å². The van der Waals surface area contributed by atoms with E-state index in [1.165, 1.54) is 17.0 Å². The van der Waals surface area contributed by atoms with E-state index in [4.69, 9.17) is 4.74 Å². The number of ether oxygens (including phenoxy) is 1. The lowest BCUT2D eigenvalue weighted by Crippen LogP contribution is -2.36. The summed E-state index contributed by atoms with van der Waals surface area (Å²) in [7, 11) is 0. The van der Waals surface area contributed by atoms with Gasteiger partial charge in [-0.15, -0.1) is 10.2 Å². The van der Waals surface area contributed by atoms with Crippen LogP contribution in [0, 0.1) is 5.92 Å². The molecule has 1 aliphatic rings. The largest absolute Gasteiger partial charge is 0.444 e. The van der Waals surface area contributed by atoms with Crippen molar-refractivity contribution in [2.24, 2.45) is 5.92 Å². The fourth-order valence-corrected chi connectivity index (χ4v) is 3.98. The Hall–Kier alpha value is -3.47. The number of aliphatic hydroxyl groups is 1. The van der Waals surface area contributed by atoms with Gasteiger partial charge in [0.15, 0.2) is 5.82 Å². The highest BCUT2D eigenvalue weighted by Crippen LogP contribution is 2.33. The molecule has 2 atom stereocenters. The molecule has 11 heteroatoms. The molecule has 2 N–H and O–H groups in total. The smallest absolute Gasteiger partial charge is 0.416 e. The summed E-state index contributed by atoms with van der Waals surface area (Å²) >= 11 is 0. The van der Waals surface area contributed by atoms with Gasteiger partial charge in [-0.2, -0.15) is 13.2 Å². The lowest BCUT2D eigenvalue weighted by atomic mass is 10.0. The summed E-state index contributed by atoms with van der Waals surface area (Å²) in [5.74, 6) is 0.142. The zero-order valence-corrected chi connectivity index (χ0v) is 19.5. The third kappa shape index (κ3) is 5.45. The van der Waals surface area contributed by atoms with Crippen molar-refractivity contribution in [3.8, 4) is 11.3 Å². The number of nitrogens with one attached hydrogen (secondary N) is 1. The average molecular weight is 489 g/mol. The standard InChI is InChI=1S/C24H26F3N5O3/c1-23(2,3)35-22(34)32-11-15(13-33)18(12-32)29-21-17-5-4-10-28-20(17)19(30-31-21)14-6-8-16(9-7-14)24(25,26)27/h4-10,15,18,33H,11-13H2,1-3H3,(H,29,31)/t15-,18+/m0/s1. The van der Waals surface area contributed by atoms with Gasteiger partial charge >= 0.3 is 12.3 Å². The van der Waals surface area contributed by atoms with Gasteiger partial charge in [0.1, 0.15) is 16.8 Å².